The molecule has 0 amide bonds. The number of carbonyl (C=O) groups excluding carboxylic acids is 1. The van der Waals surface area contributed by atoms with Crippen LogP contribution in [-0.4, -0.2) is 20.9 Å². The fourth-order valence-electron chi connectivity index (χ4n) is 3.01. The Bertz CT molecular complexity index is 1270. The lowest BCUT2D eigenvalue weighted by Gasteiger charge is -2.10. The minimum absolute atomic E-state index is 0.0241. The number of ether oxygens (including phenoxy) is 1. The summed E-state index contributed by atoms with van der Waals surface area (Å²) in [5.41, 5.74) is 1.53. The van der Waals surface area contributed by atoms with Gasteiger partial charge in [0.15, 0.2) is 5.75 Å². The molecule has 1 heterocycles. The van der Waals surface area contributed by atoms with Gasteiger partial charge in [0.2, 0.25) is 10.0 Å². The predicted octanol–water partition coefficient (Wildman–Crippen LogP) is 3.98. The number of rotatable bonds is 8. The molecule has 0 unspecified atom stereocenters. The van der Waals surface area contributed by atoms with Crippen molar-refractivity contribution < 1.29 is 22.4 Å². The number of hydrogen-bond acceptors (Lipinski definition) is 6. The highest BCUT2D eigenvalue weighted by Crippen LogP contribution is 2.31. The Morgan fingerprint density at radius 1 is 1.16 bits per heavy atom. The van der Waals surface area contributed by atoms with E-state index in [9.17, 15) is 18.0 Å². The number of carbonyl (C=O) groups is 1. The van der Waals surface area contributed by atoms with Crippen LogP contribution in [0.4, 0.5) is 0 Å². The van der Waals surface area contributed by atoms with Gasteiger partial charge in [-0.05, 0) is 43.5 Å². The summed E-state index contributed by atoms with van der Waals surface area (Å²) in [4.78, 5) is 24.0. The summed E-state index contributed by atoms with van der Waals surface area (Å²) in [6.45, 7) is 3.85. The van der Waals surface area contributed by atoms with Crippen LogP contribution in [-0.2, 0) is 21.2 Å². The van der Waals surface area contributed by atoms with Gasteiger partial charge in [0.05, 0.1) is 9.92 Å². The summed E-state index contributed by atoms with van der Waals surface area (Å²) in [7, 11) is -3.64. The van der Waals surface area contributed by atoms with E-state index in [0.717, 1.165) is 11.1 Å². The molecule has 9 heteroatoms. The first-order valence-corrected chi connectivity index (χ1v) is 11.6. The maximum Gasteiger partial charge on any atom is 0.336 e. The summed E-state index contributed by atoms with van der Waals surface area (Å²) in [5.74, 6) is -0.499. The summed E-state index contributed by atoms with van der Waals surface area (Å²) >= 11 is 6.23. The summed E-state index contributed by atoms with van der Waals surface area (Å²) < 4.78 is 37.4. The fraction of sp³-hybridized carbons (Fsp3) is 0.273. The Labute approximate surface area is 185 Å². The van der Waals surface area contributed by atoms with E-state index in [0.29, 0.717) is 11.8 Å². The molecule has 0 fully saturated rings. The standard InChI is InChI=1S/C22H22ClNO6S/c1-3-15-11-22(26)29-19-13-20(18(23)12-17(15)19)30-21(25)5-4-10-24-31(27,28)16-8-6-14(2)7-9-16/h6-9,11-13,24H,3-5,10H2,1-2H3. The van der Waals surface area contributed by atoms with Crippen LogP contribution in [0.25, 0.3) is 11.0 Å². The van der Waals surface area contributed by atoms with Gasteiger partial charge < -0.3 is 9.15 Å². The van der Waals surface area contributed by atoms with Crippen molar-refractivity contribution in [1.29, 1.82) is 0 Å². The fourth-order valence-corrected chi connectivity index (χ4v) is 4.29. The number of esters is 1. The van der Waals surface area contributed by atoms with Crippen molar-refractivity contribution in [3.05, 3.63) is 69.0 Å². The molecule has 1 N–H and O–H groups in total. The molecule has 0 aliphatic carbocycles. The van der Waals surface area contributed by atoms with Crippen molar-refractivity contribution in [2.45, 2.75) is 38.0 Å². The Balaban J connectivity index is 1.59. The number of sulfonamides is 1. The third-order valence-electron chi connectivity index (χ3n) is 4.67. The van der Waals surface area contributed by atoms with Crippen LogP contribution in [0.15, 0.2) is 56.6 Å². The molecular weight excluding hydrogens is 442 g/mol. The number of aryl methyl sites for hydroxylation is 2. The SMILES string of the molecule is CCc1cc(=O)oc2cc(OC(=O)CCCNS(=O)(=O)c3ccc(C)cc3)c(Cl)cc12. The molecule has 0 radical (unpaired) electrons. The molecule has 0 saturated carbocycles. The molecule has 7 nitrogen and oxygen atoms in total. The molecule has 3 aromatic rings. The van der Waals surface area contributed by atoms with Crippen LogP contribution in [0.1, 0.15) is 30.9 Å². The van der Waals surface area contributed by atoms with E-state index in [1.54, 1.807) is 18.2 Å². The second kappa shape index (κ2) is 9.64. The average molecular weight is 464 g/mol. The first-order chi connectivity index (χ1) is 14.7. The highest BCUT2D eigenvalue weighted by molar-refractivity contribution is 7.89. The molecule has 0 aliphatic heterocycles. The number of hydrogen-bond donors (Lipinski definition) is 1. The van der Waals surface area contributed by atoms with E-state index in [2.05, 4.69) is 4.72 Å². The van der Waals surface area contributed by atoms with Crippen LogP contribution < -0.4 is 15.1 Å². The van der Waals surface area contributed by atoms with Gasteiger partial charge in [0.1, 0.15) is 5.58 Å². The van der Waals surface area contributed by atoms with Crippen LogP contribution in [0.2, 0.25) is 5.02 Å². The van der Waals surface area contributed by atoms with Crippen LogP contribution >= 0.6 is 11.6 Å². The Kier molecular flexibility index (Phi) is 7.15. The molecule has 2 aromatic carbocycles. The van der Waals surface area contributed by atoms with E-state index >= 15 is 0 Å². The molecule has 0 aliphatic rings. The predicted molar refractivity (Wildman–Crippen MR) is 118 cm³/mol. The zero-order chi connectivity index (χ0) is 22.6. The van der Waals surface area contributed by atoms with Crippen molar-refractivity contribution in [1.82, 2.24) is 4.72 Å². The third kappa shape index (κ3) is 5.72. The number of nitrogens with one attached hydrogen (secondary N) is 1. The summed E-state index contributed by atoms with van der Waals surface area (Å²) in [5, 5.41) is 0.891. The number of halogens is 1. The Hall–Kier alpha value is -2.68. The van der Waals surface area contributed by atoms with Crippen molar-refractivity contribution in [3.63, 3.8) is 0 Å². The van der Waals surface area contributed by atoms with Crippen molar-refractivity contribution in [2.24, 2.45) is 0 Å². The monoisotopic (exact) mass is 463 g/mol. The van der Waals surface area contributed by atoms with Gasteiger partial charge in [-0.3, -0.25) is 4.79 Å². The lowest BCUT2D eigenvalue weighted by molar-refractivity contribution is -0.134. The van der Waals surface area contributed by atoms with Gasteiger partial charge in [-0.2, -0.15) is 0 Å². The van der Waals surface area contributed by atoms with E-state index in [1.165, 1.54) is 24.3 Å². The first-order valence-electron chi connectivity index (χ1n) is 9.73. The highest BCUT2D eigenvalue weighted by Gasteiger charge is 2.15. The lowest BCUT2D eigenvalue weighted by atomic mass is 10.1. The second-order valence-electron chi connectivity index (χ2n) is 7.01. The Morgan fingerprint density at radius 2 is 1.87 bits per heavy atom. The van der Waals surface area contributed by atoms with E-state index in [4.69, 9.17) is 20.8 Å². The minimum atomic E-state index is -3.64. The second-order valence-corrected chi connectivity index (χ2v) is 9.19. The summed E-state index contributed by atoms with van der Waals surface area (Å²) in [6, 6.07) is 10.9. The molecule has 0 bridgehead atoms. The van der Waals surface area contributed by atoms with Gasteiger partial charge in [0, 0.05) is 30.5 Å². The van der Waals surface area contributed by atoms with Crippen LogP contribution in [0.3, 0.4) is 0 Å². The van der Waals surface area contributed by atoms with Crippen molar-refractivity contribution in [2.75, 3.05) is 6.54 Å². The molecule has 0 spiro atoms. The van der Waals surface area contributed by atoms with Gasteiger partial charge in [-0.15, -0.1) is 0 Å². The molecular formula is C22H22ClNO6S. The molecule has 31 heavy (non-hydrogen) atoms. The largest absolute Gasteiger partial charge is 0.425 e. The van der Waals surface area contributed by atoms with Gasteiger partial charge in [-0.1, -0.05) is 36.2 Å². The number of benzene rings is 2. The highest BCUT2D eigenvalue weighted by atomic mass is 35.5. The van der Waals surface area contributed by atoms with E-state index in [-0.39, 0.29) is 40.6 Å². The van der Waals surface area contributed by atoms with Crippen LogP contribution in [0, 0.1) is 6.92 Å². The van der Waals surface area contributed by atoms with Gasteiger partial charge in [-0.25, -0.2) is 17.9 Å². The molecule has 164 valence electrons. The number of fused-ring (bicyclic) bond motifs is 1. The average Bonchev–Trinajstić information content (AvgIpc) is 2.72. The maximum atomic E-state index is 12.2. The topological polar surface area (TPSA) is 103 Å². The minimum Gasteiger partial charge on any atom is -0.425 e. The third-order valence-corrected chi connectivity index (χ3v) is 6.44. The van der Waals surface area contributed by atoms with Crippen molar-refractivity contribution >= 4 is 38.6 Å². The smallest absolute Gasteiger partial charge is 0.336 e. The van der Waals surface area contributed by atoms with E-state index < -0.39 is 21.6 Å². The molecule has 1 aromatic heterocycles. The maximum absolute atomic E-state index is 12.2. The van der Waals surface area contributed by atoms with Gasteiger partial charge in [0.25, 0.3) is 0 Å². The normalized spacial score (nSPS) is 11.6. The van der Waals surface area contributed by atoms with E-state index in [1.807, 2.05) is 13.8 Å². The molecule has 3 rings (SSSR count). The summed E-state index contributed by atoms with van der Waals surface area (Å²) in [6.07, 6.45) is 0.837. The molecule has 0 saturated heterocycles. The van der Waals surface area contributed by atoms with Gasteiger partial charge >= 0.3 is 11.6 Å². The van der Waals surface area contributed by atoms with Crippen molar-refractivity contribution in [3.8, 4) is 5.75 Å². The zero-order valence-corrected chi connectivity index (χ0v) is 18.7. The Morgan fingerprint density at radius 3 is 2.55 bits per heavy atom. The quantitative estimate of drug-likeness (QED) is 0.234. The first kappa shape index (κ1) is 23.0. The zero-order valence-electron chi connectivity index (χ0n) is 17.1. The lowest BCUT2D eigenvalue weighted by Crippen LogP contribution is -2.25. The molecule has 0 atom stereocenters. The van der Waals surface area contributed by atoms with Crippen LogP contribution in [0.5, 0.6) is 5.75 Å².